The summed E-state index contributed by atoms with van der Waals surface area (Å²) in [6, 6.07) is 31.9. The fourth-order valence-electron chi connectivity index (χ4n) is 7.21. The molecule has 0 N–H and O–H groups in total. The van der Waals surface area contributed by atoms with Crippen LogP contribution in [0.2, 0.25) is 0 Å². The van der Waals surface area contributed by atoms with Crippen molar-refractivity contribution in [1.82, 2.24) is 9.55 Å². The van der Waals surface area contributed by atoms with E-state index in [2.05, 4.69) is 198 Å². The number of rotatable bonds is 8. The summed E-state index contributed by atoms with van der Waals surface area (Å²) in [5.74, 6) is 0.979. The van der Waals surface area contributed by atoms with Crippen LogP contribution in [0.4, 0.5) is 17.1 Å². The quantitative estimate of drug-likeness (QED) is 0.164. The van der Waals surface area contributed by atoms with Crippen LogP contribution < -0.4 is 4.90 Å². The molecule has 0 saturated heterocycles. The van der Waals surface area contributed by atoms with E-state index < -0.39 is 0 Å². The Hall–Kier alpha value is -4.11. The van der Waals surface area contributed by atoms with E-state index in [-0.39, 0.29) is 21.7 Å². The molecule has 0 atom stereocenters. The Balaban J connectivity index is 1.73. The van der Waals surface area contributed by atoms with Crippen molar-refractivity contribution in [1.29, 1.82) is 0 Å². The van der Waals surface area contributed by atoms with E-state index in [0.717, 1.165) is 41.3 Å². The number of anilines is 3. The Morgan fingerprint density at radius 3 is 1.50 bits per heavy atom. The summed E-state index contributed by atoms with van der Waals surface area (Å²) < 4.78 is 2.46. The van der Waals surface area contributed by atoms with E-state index in [0.29, 0.717) is 0 Å². The highest BCUT2D eigenvalue weighted by atomic mass is 15.1. The Bertz CT molecular complexity index is 1850. The first-order valence-corrected chi connectivity index (χ1v) is 18.5. The predicted octanol–water partition coefficient (Wildman–Crippen LogP) is 13.6. The zero-order chi connectivity index (χ0) is 36.8. The normalized spacial score (nSPS) is 12.8. The number of nitrogens with zero attached hydrogens (tertiary/aromatic N) is 3. The summed E-state index contributed by atoms with van der Waals surface area (Å²) in [7, 11) is 0. The lowest BCUT2D eigenvalue weighted by atomic mass is 9.83. The van der Waals surface area contributed by atoms with Gasteiger partial charge in [-0.25, -0.2) is 4.98 Å². The van der Waals surface area contributed by atoms with Crippen LogP contribution in [0, 0.1) is 13.8 Å². The van der Waals surface area contributed by atoms with Crippen LogP contribution >= 0.6 is 0 Å². The van der Waals surface area contributed by atoms with Gasteiger partial charge < -0.3 is 4.90 Å². The van der Waals surface area contributed by atoms with Crippen LogP contribution in [-0.4, -0.2) is 9.55 Å². The molecule has 5 rings (SSSR count). The van der Waals surface area contributed by atoms with Crippen LogP contribution in [0.5, 0.6) is 0 Å². The van der Waals surface area contributed by atoms with E-state index in [4.69, 9.17) is 4.98 Å². The first kappa shape index (κ1) is 37.2. The second kappa shape index (κ2) is 13.5. The average Bonchev–Trinajstić information content (AvgIpc) is 3.46. The molecule has 3 nitrogen and oxygen atoms in total. The number of hydrogen-bond acceptors (Lipinski definition) is 2. The monoisotopic (exact) mass is 667 g/mol. The molecule has 3 heteroatoms. The summed E-state index contributed by atoms with van der Waals surface area (Å²) in [4.78, 5) is 7.61. The highest BCUT2D eigenvalue weighted by molar-refractivity contribution is 5.79. The van der Waals surface area contributed by atoms with Gasteiger partial charge in [0.2, 0.25) is 0 Å². The van der Waals surface area contributed by atoms with Crippen molar-refractivity contribution in [3.63, 3.8) is 0 Å². The number of benzene rings is 4. The summed E-state index contributed by atoms with van der Waals surface area (Å²) in [6.07, 6.45) is 4.32. The van der Waals surface area contributed by atoms with E-state index in [1.54, 1.807) is 0 Å². The fraction of sp³-hybridized carbons (Fsp3) is 0.426. The van der Waals surface area contributed by atoms with Gasteiger partial charge in [-0.2, -0.15) is 0 Å². The van der Waals surface area contributed by atoms with Gasteiger partial charge in [0.25, 0.3) is 0 Å². The van der Waals surface area contributed by atoms with E-state index in [1.807, 2.05) is 0 Å². The minimum atomic E-state index is -0.0468. The van der Waals surface area contributed by atoms with Gasteiger partial charge in [-0.15, -0.1) is 0 Å². The molecule has 264 valence electrons. The molecular formula is C47H61N3. The molecule has 1 aromatic heterocycles. The van der Waals surface area contributed by atoms with Crippen molar-refractivity contribution < 1.29 is 0 Å². The number of aryl methyl sites for hydroxylation is 2. The molecule has 5 aromatic rings. The zero-order valence-electron chi connectivity index (χ0n) is 33.4. The lowest BCUT2D eigenvalue weighted by molar-refractivity contribution is 0.452. The van der Waals surface area contributed by atoms with Crippen molar-refractivity contribution in [2.24, 2.45) is 0 Å². The molecule has 0 aliphatic rings. The van der Waals surface area contributed by atoms with Crippen molar-refractivity contribution in [3.8, 4) is 17.1 Å². The standard InChI is InChI=1S/C47H61N3/c1-15-27-47(13,14)41-31-48-43(50(41)42-32(2)28-37(29-33(42)3)46(10,11)12)34-17-16-18-40(30-34)49(38-23-19-35(20-24-38)44(4,5)6)39-25-21-36(22-26-39)45(7,8)9/h16-26,28-31H,15,27H2,1-14H3. The third kappa shape index (κ3) is 7.63. The number of imidazole rings is 1. The van der Waals surface area contributed by atoms with Gasteiger partial charge in [0.1, 0.15) is 5.82 Å². The first-order valence-electron chi connectivity index (χ1n) is 18.5. The Kier molecular flexibility index (Phi) is 10.1. The SMILES string of the molecule is CCCC(C)(C)c1cnc(-c2cccc(N(c3ccc(C(C)(C)C)cc3)c3ccc(C(C)(C)C)cc3)c2)n1-c1c(C)cc(C(C)(C)C)cc1C. The van der Waals surface area contributed by atoms with Crippen LogP contribution in [0.3, 0.4) is 0 Å². The van der Waals surface area contributed by atoms with Crippen molar-refractivity contribution >= 4 is 17.1 Å². The molecule has 0 radical (unpaired) electrons. The molecule has 0 saturated carbocycles. The Morgan fingerprint density at radius 1 is 0.580 bits per heavy atom. The van der Waals surface area contributed by atoms with Gasteiger partial charge in [0, 0.05) is 39.9 Å². The van der Waals surface area contributed by atoms with Crippen LogP contribution in [0.25, 0.3) is 17.1 Å². The van der Waals surface area contributed by atoms with Gasteiger partial charge >= 0.3 is 0 Å². The molecule has 0 aliphatic heterocycles. The highest BCUT2D eigenvalue weighted by Gasteiger charge is 2.29. The van der Waals surface area contributed by atoms with Crippen molar-refractivity contribution in [2.45, 2.75) is 131 Å². The lowest BCUT2D eigenvalue weighted by Crippen LogP contribution is -2.22. The van der Waals surface area contributed by atoms with Gasteiger partial charge in [-0.1, -0.05) is 138 Å². The minimum absolute atomic E-state index is 0.0468. The molecule has 0 bridgehead atoms. The topological polar surface area (TPSA) is 21.1 Å². The van der Waals surface area contributed by atoms with Gasteiger partial charge in [0.05, 0.1) is 5.69 Å². The molecule has 0 amide bonds. The van der Waals surface area contributed by atoms with E-state index in [1.165, 1.54) is 39.2 Å². The molecule has 1 heterocycles. The van der Waals surface area contributed by atoms with E-state index in [9.17, 15) is 0 Å². The first-order chi connectivity index (χ1) is 23.2. The smallest absolute Gasteiger partial charge is 0.144 e. The maximum atomic E-state index is 5.23. The van der Waals surface area contributed by atoms with Crippen molar-refractivity contribution in [2.75, 3.05) is 4.90 Å². The van der Waals surface area contributed by atoms with Gasteiger partial charge in [-0.3, -0.25) is 4.57 Å². The molecular weight excluding hydrogens is 607 g/mol. The van der Waals surface area contributed by atoms with E-state index >= 15 is 0 Å². The Morgan fingerprint density at radius 2 is 1.06 bits per heavy atom. The molecule has 0 unspecified atom stereocenters. The lowest BCUT2D eigenvalue weighted by Gasteiger charge is -2.30. The average molecular weight is 668 g/mol. The largest absolute Gasteiger partial charge is 0.310 e. The van der Waals surface area contributed by atoms with Gasteiger partial charge in [0.15, 0.2) is 0 Å². The van der Waals surface area contributed by atoms with Gasteiger partial charge in [-0.05, 0) is 101 Å². The second-order valence-electron chi connectivity index (χ2n) is 18.1. The molecule has 50 heavy (non-hydrogen) atoms. The summed E-state index contributed by atoms with van der Waals surface area (Å²) in [5.41, 5.74) is 13.7. The predicted molar refractivity (Wildman–Crippen MR) is 217 cm³/mol. The second-order valence-corrected chi connectivity index (χ2v) is 18.1. The van der Waals surface area contributed by atoms with Crippen LogP contribution in [0.15, 0.2) is 91.1 Å². The summed E-state index contributed by atoms with van der Waals surface area (Å²) in [6.45, 7) is 32.0. The zero-order valence-corrected chi connectivity index (χ0v) is 33.4. The summed E-state index contributed by atoms with van der Waals surface area (Å²) >= 11 is 0. The maximum Gasteiger partial charge on any atom is 0.144 e. The molecule has 0 spiro atoms. The Labute approximate surface area is 303 Å². The maximum absolute atomic E-state index is 5.23. The molecule has 0 aliphatic carbocycles. The van der Waals surface area contributed by atoms with Crippen molar-refractivity contribution in [3.05, 3.63) is 125 Å². The highest BCUT2D eigenvalue weighted by Crippen LogP contribution is 2.41. The molecule has 0 fully saturated rings. The van der Waals surface area contributed by atoms with Crippen LogP contribution in [-0.2, 0) is 21.7 Å². The third-order valence-electron chi connectivity index (χ3n) is 10.3. The van der Waals surface area contributed by atoms with Crippen LogP contribution in [0.1, 0.15) is 129 Å². The number of aromatic nitrogens is 2. The fourth-order valence-corrected chi connectivity index (χ4v) is 7.21. The molecule has 4 aromatic carbocycles. The number of hydrogen-bond donors (Lipinski definition) is 0. The summed E-state index contributed by atoms with van der Waals surface area (Å²) in [5, 5.41) is 0. The minimum Gasteiger partial charge on any atom is -0.310 e. The third-order valence-corrected chi connectivity index (χ3v) is 10.3.